The molecule has 0 saturated carbocycles. The molecule has 1 aliphatic heterocycles. The van der Waals surface area contributed by atoms with Crippen LogP contribution in [0.4, 0.5) is 5.69 Å². The first-order valence-corrected chi connectivity index (χ1v) is 7.85. The first-order chi connectivity index (χ1) is 11.3. The molecular formula is C17H22N2O5. The molecule has 0 spiro atoms. The maximum absolute atomic E-state index is 12.1. The van der Waals surface area contributed by atoms with Gasteiger partial charge in [-0.25, -0.2) is 4.79 Å². The number of rotatable bonds is 6. The van der Waals surface area contributed by atoms with Gasteiger partial charge in [0.1, 0.15) is 11.8 Å². The molecule has 1 aromatic carbocycles. The zero-order valence-electron chi connectivity index (χ0n) is 14.0. The maximum atomic E-state index is 12.1. The number of anilines is 1. The van der Waals surface area contributed by atoms with Crippen molar-refractivity contribution in [1.82, 2.24) is 5.32 Å². The van der Waals surface area contributed by atoms with Gasteiger partial charge in [0, 0.05) is 13.0 Å². The number of carbonyl (C=O) groups is 3. The molecule has 0 aromatic heterocycles. The molecule has 130 valence electrons. The molecule has 1 atom stereocenters. The minimum Gasteiger partial charge on any atom is -0.482 e. The van der Waals surface area contributed by atoms with Crippen LogP contribution in [0.2, 0.25) is 0 Å². The van der Waals surface area contributed by atoms with E-state index in [1.165, 1.54) is 4.90 Å². The van der Waals surface area contributed by atoms with E-state index in [-0.39, 0.29) is 31.4 Å². The third-order valence-electron chi connectivity index (χ3n) is 3.87. The molecule has 0 radical (unpaired) electrons. The molecule has 2 rings (SSSR count). The van der Waals surface area contributed by atoms with Gasteiger partial charge in [-0.3, -0.25) is 9.59 Å². The highest BCUT2D eigenvalue weighted by Crippen LogP contribution is 2.32. The summed E-state index contributed by atoms with van der Waals surface area (Å²) in [6.45, 7) is 5.47. The zero-order chi connectivity index (χ0) is 17.9. The Kier molecular flexibility index (Phi) is 5.43. The van der Waals surface area contributed by atoms with Crippen LogP contribution in [0, 0.1) is 12.8 Å². The molecule has 7 nitrogen and oxygen atoms in total. The van der Waals surface area contributed by atoms with E-state index < -0.39 is 17.9 Å². The second kappa shape index (κ2) is 7.33. The Morgan fingerprint density at radius 2 is 2.08 bits per heavy atom. The molecule has 7 heteroatoms. The van der Waals surface area contributed by atoms with Crippen molar-refractivity contribution in [3.63, 3.8) is 0 Å². The van der Waals surface area contributed by atoms with Crippen LogP contribution in [0.25, 0.3) is 0 Å². The lowest BCUT2D eigenvalue weighted by molar-refractivity contribution is -0.143. The topological polar surface area (TPSA) is 95.9 Å². The van der Waals surface area contributed by atoms with Crippen molar-refractivity contribution in [2.45, 2.75) is 33.2 Å². The number of nitrogens with one attached hydrogen (secondary N) is 1. The molecule has 1 unspecified atom stereocenters. The Morgan fingerprint density at radius 3 is 2.71 bits per heavy atom. The summed E-state index contributed by atoms with van der Waals surface area (Å²) in [7, 11) is 0. The van der Waals surface area contributed by atoms with E-state index in [0.29, 0.717) is 11.4 Å². The van der Waals surface area contributed by atoms with E-state index in [1.54, 1.807) is 19.9 Å². The summed E-state index contributed by atoms with van der Waals surface area (Å²) < 4.78 is 5.39. The van der Waals surface area contributed by atoms with E-state index >= 15 is 0 Å². The van der Waals surface area contributed by atoms with Crippen molar-refractivity contribution in [1.29, 1.82) is 0 Å². The fourth-order valence-corrected chi connectivity index (χ4v) is 2.53. The molecule has 2 N–H and O–H groups in total. The van der Waals surface area contributed by atoms with Gasteiger partial charge in [0.15, 0.2) is 6.61 Å². The molecule has 1 heterocycles. The number of carbonyl (C=O) groups excluding carboxylic acids is 2. The molecular weight excluding hydrogens is 312 g/mol. The van der Waals surface area contributed by atoms with Crippen molar-refractivity contribution in [3.8, 4) is 5.75 Å². The summed E-state index contributed by atoms with van der Waals surface area (Å²) >= 11 is 0. The number of nitrogens with zero attached hydrogens (tertiary/aromatic N) is 1. The minimum atomic E-state index is -1.07. The summed E-state index contributed by atoms with van der Waals surface area (Å²) in [5, 5.41) is 11.6. The molecule has 0 saturated heterocycles. The van der Waals surface area contributed by atoms with Crippen LogP contribution in [-0.4, -0.2) is 42.1 Å². The number of ether oxygens (including phenoxy) is 1. The quantitative estimate of drug-likeness (QED) is 0.818. The smallest absolute Gasteiger partial charge is 0.326 e. The van der Waals surface area contributed by atoms with Gasteiger partial charge in [0.25, 0.3) is 5.91 Å². The number of hydrogen-bond donors (Lipinski definition) is 2. The normalized spacial score (nSPS) is 14.8. The maximum Gasteiger partial charge on any atom is 0.326 e. The fraction of sp³-hybridized carbons (Fsp3) is 0.471. The molecule has 0 bridgehead atoms. The Morgan fingerprint density at radius 1 is 1.38 bits per heavy atom. The van der Waals surface area contributed by atoms with Crippen molar-refractivity contribution in [2.24, 2.45) is 5.92 Å². The number of aryl methyl sites for hydroxylation is 1. The average molecular weight is 334 g/mol. The number of aliphatic carboxylic acids is 1. The van der Waals surface area contributed by atoms with E-state index in [2.05, 4.69) is 5.32 Å². The highest BCUT2D eigenvalue weighted by atomic mass is 16.5. The van der Waals surface area contributed by atoms with Crippen LogP contribution in [-0.2, 0) is 14.4 Å². The van der Waals surface area contributed by atoms with Crippen molar-refractivity contribution in [3.05, 3.63) is 23.8 Å². The van der Waals surface area contributed by atoms with Crippen LogP contribution in [0.1, 0.15) is 25.8 Å². The van der Waals surface area contributed by atoms with Gasteiger partial charge < -0.3 is 20.1 Å². The predicted molar refractivity (Wildman–Crippen MR) is 88.0 cm³/mol. The number of carboxylic acid groups (broad SMARTS) is 1. The lowest BCUT2D eigenvalue weighted by atomic mass is 10.0. The van der Waals surface area contributed by atoms with E-state index in [9.17, 15) is 14.4 Å². The van der Waals surface area contributed by atoms with Gasteiger partial charge in [-0.05, 0) is 30.5 Å². The minimum absolute atomic E-state index is 0.0234. The number of benzene rings is 1. The molecule has 0 aliphatic carbocycles. The predicted octanol–water partition coefficient (Wildman–Crippen LogP) is 1.34. The number of amides is 2. The Bertz CT molecular complexity index is 656. The molecule has 1 aliphatic rings. The van der Waals surface area contributed by atoms with Gasteiger partial charge in [-0.1, -0.05) is 19.9 Å². The van der Waals surface area contributed by atoms with Gasteiger partial charge in [-0.15, -0.1) is 0 Å². The Hall–Kier alpha value is -2.57. The van der Waals surface area contributed by atoms with E-state index in [1.807, 2.05) is 19.1 Å². The third-order valence-corrected chi connectivity index (χ3v) is 3.87. The summed E-state index contributed by atoms with van der Waals surface area (Å²) in [6.07, 6.45) is 0.0234. The highest BCUT2D eigenvalue weighted by Gasteiger charge is 2.27. The standard InChI is InChI=1S/C17H22N2O5/c1-10(2)16(17(22)23)18-14(20)6-7-19-12-8-11(3)4-5-13(12)24-9-15(19)21/h4-5,8,10,16H,6-7,9H2,1-3H3,(H,18,20)(H,22,23). The molecule has 24 heavy (non-hydrogen) atoms. The van der Waals surface area contributed by atoms with Crippen LogP contribution in [0.5, 0.6) is 5.75 Å². The number of hydrogen-bond acceptors (Lipinski definition) is 4. The largest absolute Gasteiger partial charge is 0.482 e. The van der Waals surface area contributed by atoms with Gasteiger partial charge in [0.2, 0.25) is 5.91 Å². The first kappa shape index (κ1) is 17.8. The fourth-order valence-electron chi connectivity index (χ4n) is 2.53. The molecule has 2 amide bonds. The Labute approximate surface area is 140 Å². The SMILES string of the molecule is Cc1ccc2c(c1)N(CCC(=O)NC(C(=O)O)C(C)C)C(=O)CO2. The number of carboxylic acids is 1. The second-order valence-electron chi connectivity index (χ2n) is 6.18. The van der Waals surface area contributed by atoms with Gasteiger partial charge >= 0.3 is 5.97 Å². The second-order valence-corrected chi connectivity index (χ2v) is 6.18. The van der Waals surface area contributed by atoms with Crippen LogP contribution >= 0.6 is 0 Å². The van der Waals surface area contributed by atoms with Crippen molar-refractivity contribution in [2.75, 3.05) is 18.1 Å². The van der Waals surface area contributed by atoms with Gasteiger partial charge in [0.05, 0.1) is 5.69 Å². The molecule has 0 fully saturated rings. The van der Waals surface area contributed by atoms with E-state index in [0.717, 1.165) is 5.56 Å². The first-order valence-electron chi connectivity index (χ1n) is 7.85. The zero-order valence-corrected chi connectivity index (χ0v) is 14.0. The van der Waals surface area contributed by atoms with Crippen LogP contribution in [0.3, 0.4) is 0 Å². The third kappa shape index (κ3) is 4.04. The number of fused-ring (bicyclic) bond motifs is 1. The monoisotopic (exact) mass is 334 g/mol. The van der Waals surface area contributed by atoms with Crippen LogP contribution < -0.4 is 15.0 Å². The van der Waals surface area contributed by atoms with E-state index in [4.69, 9.17) is 9.84 Å². The summed E-state index contributed by atoms with van der Waals surface area (Å²) in [5.41, 5.74) is 1.62. The Balaban J connectivity index is 2.04. The summed E-state index contributed by atoms with van der Waals surface area (Å²) in [5.74, 6) is -1.31. The van der Waals surface area contributed by atoms with Gasteiger partial charge in [-0.2, -0.15) is 0 Å². The highest BCUT2D eigenvalue weighted by molar-refractivity contribution is 5.98. The van der Waals surface area contributed by atoms with Crippen LogP contribution in [0.15, 0.2) is 18.2 Å². The lowest BCUT2D eigenvalue weighted by Gasteiger charge is -2.29. The van der Waals surface area contributed by atoms with Crippen molar-refractivity contribution < 1.29 is 24.2 Å². The average Bonchev–Trinajstić information content (AvgIpc) is 2.51. The lowest BCUT2D eigenvalue weighted by Crippen LogP contribution is -2.46. The summed E-state index contributed by atoms with van der Waals surface area (Å²) in [6, 6.07) is 4.58. The molecule has 1 aromatic rings. The summed E-state index contributed by atoms with van der Waals surface area (Å²) in [4.78, 5) is 36.8. The van der Waals surface area contributed by atoms with Crippen molar-refractivity contribution >= 4 is 23.5 Å².